The summed E-state index contributed by atoms with van der Waals surface area (Å²) < 4.78 is 5.67. The molecule has 1 heterocycles. The number of benzene rings is 2. The number of nitrogens with one attached hydrogen (secondary N) is 2. The smallest absolute Gasteiger partial charge is 0.291 e. The first-order valence-corrected chi connectivity index (χ1v) is 8.42. The summed E-state index contributed by atoms with van der Waals surface area (Å²) in [5, 5.41) is 6.02. The van der Waals surface area contributed by atoms with Gasteiger partial charge < -0.3 is 15.1 Å². The van der Waals surface area contributed by atoms with Crippen LogP contribution in [0.25, 0.3) is 0 Å². The van der Waals surface area contributed by atoms with Crippen LogP contribution in [0.2, 0.25) is 5.02 Å². The van der Waals surface area contributed by atoms with Gasteiger partial charge in [-0.25, -0.2) is 0 Å². The maximum absolute atomic E-state index is 12.5. The van der Waals surface area contributed by atoms with Gasteiger partial charge in [-0.15, -0.1) is 0 Å². The lowest BCUT2D eigenvalue weighted by Gasteiger charge is -2.11. The summed E-state index contributed by atoms with van der Waals surface area (Å²) in [6.07, 6.45) is 0. The van der Waals surface area contributed by atoms with Crippen molar-refractivity contribution in [3.8, 4) is 0 Å². The molecule has 2 amide bonds. The Morgan fingerprint density at radius 2 is 1.60 bits per heavy atom. The quantitative estimate of drug-likeness (QED) is 0.610. The lowest BCUT2D eigenvalue weighted by Crippen LogP contribution is -2.17. The normalized spacial score (nSPS) is 10.3. The zero-order valence-electron chi connectivity index (χ0n) is 12.8. The molecule has 5 nitrogen and oxygen atoms in total. The minimum atomic E-state index is -0.447. The molecule has 0 spiro atoms. The lowest BCUT2D eigenvalue weighted by molar-refractivity contribution is 0.0995. The number of carbonyl (C=O) groups is 2. The fourth-order valence-electron chi connectivity index (χ4n) is 2.14. The highest BCUT2D eigenvalue weighted by Gasteiger charge is 2.16. The molecule has 3 aromatic rings. The van der Waals surface area contributed by atoms with E-state index in [4.69, 9.17) is 16.0 Å². The highest BCUT2D eigenvalue weighted by atomic mass is 79.9. The summed E-state index contributed by atoms with van der Waals surface area (Å²) in [6.45, 7) is 0. The fourth-order valence-corrected chi connectivity index (χ4v) is 2.57. The van der Waals surface area contributed by atoms with Gasteiger partial charge in [-0.1, -0.05) is 23.7 Å². The van der Waals surface area contributed by atoms with Crippen molar-refractivity contribution in [2.75, 3.05) is 10.6 Å². The Balaban J connectivity index is 1.79. The molecule has 0 aliphatic heterocycles. The summed E-state index contributed by atoms with van der Waals surface area (Å²) >= 11 is 8.98. The molecule has 0 bridgehead atoms. The predicted octanol–water partition coefficient (Wildman–Crippen LogP) is 5.20. The number of amides is 2. The Hall–Kier alpha value is -2.57. The van der Waals surface area contributed by atoms with E-state index in [0.29, 0.717) is 26.6 Å². The van der Waals surface area contributed by atoms with Crippen molar-refractivity contribution in [2.45, 2.75) is 0 Å². The number of hydrogen-bond donors (Lipinski definition) is 2. The fraction of sp³-hybridized carbons (Fsp3) is 0. The van der Waals surface area contributed by atoms with Gasteiger partial charge in [0.1, 0.15) is 0 Å². The Morgan fingerprint density at radius 1 is 0.880 bits per heavy atom. The van der Waals surface area contributed by atoms with Gasteiger partial charge in [-0.3, -0.25) is 9.59 Å². The van der Waals surface area contributed by atoms with E-state index >= 15 is 0 Å². The van der Waals surface area contributed by atoms with Gasteiger partial charge in [0.25, 0.3) is 11.8 Å². The van der Waals surface area contributed by atoms with E-state index in [1.165, 1.54) is 6.07 Å². The summed E-state index contributed by atoms with van der Waals surface area (Å²) in [5.74, 6) is -0.656. The van der Waals surface area contributed by atoms with Crippen LogP contribution in [0.15, 0.2) is 69.8 Å². The highest BCUT2D eigenvalue weighted by molar-refractivity contribution is 9.10. The number of anilines is 2. The first-order chi connectivity index (χ1) is 12.0. The molecule has 2 N–H and O–H groups in total. The molecule has 126 valence electrons. The molecule has 1 aromatic heterocycles. The van der Waals surface area contributed by atoms with Crippen molar-refractivity contribution < 1.29 is 14.0 Å². The standard InChI is InChI=1S/C18H12BrClN2O3/c19-16-10-9-15(25-16)18(24)22-14-4-2-1-3-13(14)17(23)21-12-7-5-11(20)6-8-12/h1-10H,(H,21,23)(H,22,24). The molecule has 0 unspecified atom stereocenters. The number of hydrogen-bond acceptors (Lipinski definition) is 3. The van der Waals surface area contributed by atoms with Crippen molar-refractivity contribution >= 4 is 50.7 Å². The second-order valence-electron chi connectivity index (χ2n) is 5.06. The Labute approximate surface area is 157 Å². The van der Waals surface area contributed by atoms with Gasteiger partial charge >= 0.3 is 0 Å². The van der Waals surface area contributed by atoms with Crippen LogP contribution >= 0.6 is 27.5 Å². The maximum Gasteiger partial charge on any atom is 0.291 e. The Bertz CT molecular complexity index is 922. The molecule has 25 heavy (non-hydrogen) atoms. The van der Waals surface area contributed by atoms with Gasteiger partial charge in [-0.2, -0.15) is 0 Å². The van der Waals surface area contributed by atoms with Gasteiger partial charge in [-0.05, 0) is 64.5 Å². The van der Waals surface area contributed by atoms with Crippen molar-refractivity contribution in [2.24, 2.45) is 0 Å². The third-order valence-corrected chi connectivity index (χ3v) is 4.00. The summed E-state index contributed by atoms with van der Waals surface area (Å²) in [5.41, 5.74) is 1.31. The second-order valence-corrected chi connectivity index (χ2v) is 6.28. The Morgan fingerprint density at radius 3 is 2.28 bits per heavy atom. The van der Waals surface area contributed by atoms with Gasteiger partial charge in [0.2, 0.25) is 0 Å². The number of halogens is 2. The predicted molar refractivity (Wildman–Crippen MR) is 100 cm³/mol. The number of carbonyl (C=O) groups excluding carboxylic acids is 2. The summed E-state index contributed by atoms with van der Waals surface area (Å²) in [6, 6.07) is 16.6. The molecule has 0 saturated carbocycles. The third kappa shape index (κ3) is 4.29. The topological polar surface area (TPSA) is 71.3 Å². The van der Waals surface area contributed by atoms with E-state index in [9.17, 15) is 9.59 Å². The van der Waals surface area contributed by atoms with E-state index in [1.54, 1.807) is 54.6 Å². The van der Waals surface area contributed by atoms with Crippen molar-refractivity contribution in [1.82, 2.24) is 0 Å². The van der Waals surface area contributed by atoms with Crippen LogP contribution in [-0.4, -0.2) is 11.8 Å². The SMILES string of the molecule is O=C(Nc1ccccc1C(=O)Nc1ccc(Cl)cc1)c1ccc(Br)o1. The maximum atomic E-state index is 12.5. The van der Waals surface area contributed by atoms with Crippen LogP contribution in [0.4, 0.5) is 11.4 Å². The minimum Gasteiger partial charge on any atom is -0.444 e. The van der Waals surface area contributed by atoms with Crippen molar-refractivity contribution in [1.29, 1.82) is 0 Å². The number of furan rings is 1. The van der Waals surface area contributed by atoms with Crippen LogP contribution < -0.4 is 10.6 Å². The molecule has 0 atom stereocenters. The lowest BCUT2D eigenvalue weighted by atomic mass is 10.1. The van der Waals surface area contributed by atoms with E-state index in [-0.39, 0.29) is 11.7 Å². The molecule has 0 saturated heterocycles. The third-order valence-electron chi connectivity index (χ3n) is 3.32. The van der Waals surface area contributed by atoms with Crippen molar-refractivity contribution in [3.05, 3.63) is 81.7 Å². The van der Waals surface area contributed by atoms with Crippen LogP contribution in [0, 0.1) is 0 Å². The zero-order chi connectivity index (χ0) is 17.8. The number of rotatable bonds is 4. The molecule has 3 rings (SSSR count). The first kappa shape index (κ1) is 17.3. The summed E-state index contributed by atoms with van der Waals surface area (Å²) in [7, 11) is 0. The van der Waals surface area contributed by atoms with E-state index in [1.807, 2.05) is 0 Å². The van der Waals surface area contributed by atoms with E-state index < -0.39 is 5.91 Å². The van der Waals surface area contributed by atoms with E-state index in [2.05, 4.69) is 26.6 Å². The first-order valence-electron chi connectivity index (χ1n) is 7.25. The van der Waals surface area contributed by atoms with Crippen LogP contribution in [-0.2, 0) is 0 Å². The van der Waals surface area contributed by atoms with Gasteiger partial charge in [0.15, 0.2) is 10.4 Å². The average Bonchev–Trinajstić information content (AvgIpc) is 3.04. The number of para-hydroxylation sites is 1. The van der Waals surface area contributed by atoms with Crippen LogP contribution in [0.3, 0.4) is 0 Å². The van der Waals surface area contributed by atoms with Crippen molar-refractivity contribution in [3.63, 3.8) is 0 Å². The van der Waals surface area contributed by atoms with Crippen LogP contribution in [0.1, 0.15) is 20.9 Å². The highest BCUT2D eigenvalue weighted by Crippen LogP contribution is 2.21. The van der Waals surface area contributed by atoms with E-state index in [0.717, 1.165) is 0 Å². The average molecular weight is 420 g/mol. The molecular weight excluding hydrogens is 408 g/mol. The molecule has 0 aliphatic rings. The molecule has 0 aliphatic carbocycles. The zero-order valence-corrected chi connectivity index (χ0v) is 15.1. The molecule has 0 radical (unpaired) electrons. The van der Waals surface area contributed by atoms with Gasteiger partial charge in [0, 0.05) is 10.7 Å². The molecule has 7 heteroatoms. The minimum absolute atomic E-state index is 0.139. The second kappa shape index (κ2) is 7.55. The largest absolute Gasteiger partial charge is 0.444 e. The Kier molecular flexibility index (Phi) is 5.21. The van der Waals surface area contributed by atoms with Crippen LogP contribution in [0.5, 0.6) is 0 Å². The molecular formula is C18H12BrClN2O3. The molecule has 0 fully saturated rings. The molecule has 2 aromatic carbocycles. The summed E-state index contributed by atoms with van der Waals surface area (Å²) in [4.78, 5) is 24.7. The monoisotopic (exact) mass is 418 g/mol. The van der Waals surface area contributed by atoms with Gasteiger partial charge in [0.05, 0.1) is 11.3 Å².